The minimum Gasteiger partial charge on any atom is -0.487 e. The molecule has 0 saturated heterocycles. The van der Waals surface area contributed by atoms with E-state index < -0.39 is 5.92 Å². The maximum absolute atomic E-state index is 13.3. The molecule has 8 heteroatoms. The molecule has 0 amide bonds. The molecule has 0 fully saturated rings. The van der Waals surface area contributed by atoms with E-state index in [1.807, 2.05) is 74.6 Å². The summed E-state index contributed by atoms with van der Waals surface area (Å²) >= 11 is 0. The SMILES string of the molecule is CC1(C)CC(=O)C2=C(C1)OC(N)=C(C#N)C2c1ccccc1OCc1cn(Cc2ccccc2)nn1. The first kappa shape index (κ1) is 23.4. The van der Waals surface area contributed by atoms with Crippen LogP contribution in [0.4, 0.5) is 0 Å². The zero-order valence-corrected chi connectivity index (χ0v) is 20.3. The molecule has 1 aromatic heterocycles. The van der Waals surface area contributed by atoms with Gasteiger partial charge in [0, 0.05) is 24.0 Å². The molecule has 3 aromatic rings. The molecule has 1 aliphatic heterocycles. The number of Topliss-reactive ketones (excluding diaryl/α,β-unsaturated/α-hetero) is 1. The maximum atomic E-state index is 13.3. The van der Waals surface area contributed by atoms with E-state index in [9.17, 15) is 10.1 Å². The van der Waals surface area contributed by atoms with Crippen molar-refractivity contribution in [2.75, 3.05) is 0 Å². The van der Waals surface area contributed by atoms with Gasteiger partial charge >= 0.3 is 0 Å². The van der Waals surface area contributed by atoms with Crippen LogP contribution >= 0.6 is 0 Å². The largest absolute Gasteiger partial charge is 0.487 e. The van der Waals surface area contributed by atoms with Gasteiger partial charge in [-0.1, -0.05) is 67.6 Å². The first-order chi connectivity index (χ1) is 17.3. The lowest BCUT2D eigenvalue weighted by Crippen LogP contribution is -2.33. The average Bonchev–Trinajstić information content (AvgIpc) is 3.29. The van der Waals surface area contributed by atoms with Crippen molar-refractivity contribution in [1.29, 1.82) is 5.26 Å². The van der Waals surface area contributed by atoms with Gasteiger partial charge in [0.05, 0.1) is 18.7 Å². The Bertz CT molecular complexity index is 1410. The topological polar surface area (TPSA) is 116 Å². The van der Waals surface area contributed by atoms with Gasteiger partial charge in [0.15, 0.2) is 5.78 Å². The Kier molecular flexibility index (Phi) is 6.06. The lowest BCUT2D eigenvalue weighted by atomic mass is 9.70. The van der Waals surface area contributed by atoms with Gasteiger partial charge in [-0.2, -0.15) is 5.26 Å². The Morgan fingerprint density at radius 1 is 1.17 bits per heavy atom. The number of para-hydroxylation sites is 1. The fourth-order valence-corrected chi connectivity index (χ4v) is 4.85. The summed E-state index contributed by atoms with van der Waals surface area (Å²) in [6.07, 6.45) is 2.78. The number of rotatable bonds is 6. The summed E-state index contributed by atoms with van der Waals surface area (Å²) in [5.74, 6) is 0.436. The first-order valence-electron chi connectivity index (χ1n) is 11.8. The van der Waals surface area contributed by atoms with E-state index in [4.69, 9.17) is 15.2 Å². The minimum absolute atomic E-state index is 0.0328. The van der Waals surface area contributed by atoms with E-state index >= 15 is 0 Å². The van der Waals surface area contributed by atoms with Gasteiger partial charge in [0.2, 0.25) is 5.88 Å². The summed E-state index contributed by atoms with van der Waals surface area (Å²) < 4.78 is 13.7. The zero-order chi connectivity index (χ0) is 25.3. The van der Waals surface area contributed by atoms with Gasteiger partial charge in [-0.3, -0.25) is 4.79 Å². The number of carbonyl (C=O) groups excluding carboxylic acids is 1. The third kappa shape index (κ3) is 4.60. The summed E-state index contributed by atoms with van der Waals surface area (Å²) in [5, 5.41) is 18.4. The second-order valence-corrected chi connectivity index (χ2v) is 9.92. The normalized spacial score (nSPS) is 18.9. The Morgan fingerprint density at radius 2 is 1.92 bits per heavy atom. The van der Waals surface area contributed by atoms with Crippen molar-refractivity contribution in [2.24, 2.45) is 11.1 Å². The Hall–Kier alpha value is -4.38. The van der Waals surface area contributed by atoms with E-state index in [1.54, 1.807) is 4.68 Å². The third-order valence-electron chi connectivity index (χ3n) is 6.45. The van der Waals surface area contributed by atoms with E-state index in [0.29, 0.717) is 47.7 Å². The predicted octanol–water partition coefficient (Wildman–Crippen LogP) is 4.36. The Labute approximate surface area is 209 Å². The van der Waals surface area contributed by atoms with Crippen LogP contribution in [0.3, 0.4) is 0 Å². The van der Waals surface area contributed by atoms with Crippen LogP contribution < -0.4 is 10.5 Å². The zero-order valence-electron chi connectivity index (χ0n) is 20.3. The molecule has 8 nitrogen and oxygen atoms in total. The summed E-state index contributed by atoms with van der Waals surface area (Å²) in [4.78, 5) is 13.3. The number of ether oxygens (including phenoxy) is 2. The Balaban J connectivity index is 1.42. The Morgan fingerprint density at radius 3 is 2.69 bits per heavy atom. The average molecular weight is 482 g/mol. The highest BCUT2D eigenvalue weighted by atomic mass is 16.5. The highest BCUT2D eigenvalue weighted by Gasteiger charge is 2.43. The molecule has 2 aliphatic rings. The van der Waals surface area contributed by atoms with E-state index in [-0.39, 0.29) is 29.3 Å². The number of hydrogen-bond donors (Lipinski definition) is 1. The molecule has 0 bridgehead atoms. The van der Waals surface area contributed by atoms with Gasteiger partial charge in [-0.05, 0) is 17.0 Å². The second kappa shape index (κ2) is 9.34. The molecule has 0 radical (unpaired) electrons. The summed E-state index contributed by atoms with van der Waals surface area (Å²) in [5.41, 5.74) is 9.11. The molecular weight excluding hydrogens is 454 g/mol. The quantitative estimate of drug-likeness (QED) is 0.556. The molecule has 1 atom stereocenters. The first-order valence-corrected chi connectivity index (χ1v) is 11.8. The number of aromatic nitrogens is 3. The van der Waals surface area contributed by atoms with Crippen LogP contribution in [0.5, 0.6) is 5.75 Å². The highest BCUT2D eigenvalue weighted by molar-refractivity contribution is 6.00. The molecule has 182 valence electrons. The number of ketones is 1. The standard InChI is InChI=1S/C28H27N5O3/c1-28(2)12-22(34)26-24(13-28)36-27(30)21(14-29)25(26)20-10-6-7-11-23(20)35-17-19-16-33(32-31-19)15-18-8-4-3-5-9-18/h3-11,16,25H,12-13,15,17,30H2,1-2H3. The lowest BCUT2D eigenvalue weighted by molar-refractivity contribution is -0.119. The summed E-state index contributed by atoms with van der Waals surface area (Å²) in [6, 6.07) is 19.6. The van der Waals surface area contributed by atoms with Crippen LogP contribution in [0.25, 0.3) is 0 Å². The van der Waals surface area contributed by atoms with Gasteiger partial charge in [-0.15, -0.1) is 5.10 Å². The van der Waals surface area contributed by atoms with Crippen LogP contribution in [0.15, 0.2) is 83.6 Å². The second-order valence-electron chi connectivity index (χ2n) is 9.92. The van der Waals surface area contributed by atoms with Gasteiger partial charge in [0.25, 0.3) is 0 Å². The number of allylic oxidation sites excluding steroid dienone is 3. The molecular formula is C28H27N5O3. The summed E-state index contributed by atoms with van der Waals surface area (Å²) in [6.45, 7) is 4.84. The van der Waals surface area contributed by atoms with Crippen LogP contribution in [0.1, 0.15) is 49.4 Å². The molecule has 36 heavy (non-hydrogen) atoms. The number of hydrogen-bond acceptors (Lipinski definition) is 7. The van der Waals surface area contributed by atoms with Crippen molar-refractivity contribution in [3.05, 3.63) is 100 Å². The number of nitrogens with two attached hydrogens (primary N) is 1. The van der Waals surface area contributed by atoms with Crippen LogP contribution in [0.2, 0.25) is 0 Å². The van der Waals surface area contributed by atoms with Crippen LogP contribution in [0, 0.1) is 16.7 Å². The molecule has 2 heterocycles. The highest BCUT2D eigenvalue weighted by Crippen LogP contribution is 2.49. The van der Waals surface area contributed by atoms with Crippen molar-refractivity contribution in [2.45, 2.75) is 45.8 Å². The molecule has 5 rings (SSSR count). The number of benzene rings is 2. The predicted molar refractivity (Wildman–Crippen MR) is 132 cm³/mol. The molecule has 1 unspecified atom stereocenters. The van der Waals surface area contributed by atoms with Gasteiger partial charge < -0.3 is 15.2 Å². The lowest BCUT2D eigenvalue weighted by Gasteiger charge is -2.37. The molecule has 0 spiro atoms. The van der Waals surface area contributed by atoms with E-state index in [1.165, 1.54) is 0 Å². The van der Waals surface area contributed by atoms with Gasteiger partial charge in [0.1, 0.15) is 35.5 Å². The molecule has 1 aliphatic carbocycles. The number of nitriles is 1. The number of nitrogens with zero attached hydrogens (tertiary/aromatic N) is 4. The number of carbonyl (C=O) groups is 1. The van der Waals surface area contributed by atoms with Crippen molar-refractivity contribution < 1.29 is 14.3 Å². The van der Waals surface area contributed by atoms with Crippen LogP contribution in [-0.2, 0) is 22.7 Å². The molecule has 2 aromatic carbocycles. The van der Waals surface area contributed by atoms with Crippen molar-refractivity contribution in [3.63, 3.8) is 0 Å². The third-order valence-corrected chi connectivity index (χ3v) is 6.45. The monoisotopic (exact) mass is 481 g/mol. The smallest absolute Gasteiger partial charge is 0.205 e. The fourth-order valence-electron chi connectivity index (χ4n) is 4.85. The van der Waals surface area contributed by atoms with Gasteiger partial charge in [-0.25, -0.2) is 4.68 Å². The summed E-state index contributed by atoms with van der Waals surface area (Å²) in [7, 11) is 0. The van der Waals surface area contributed by atoms with Crippen molar-refractivity contribution in [1.82, 2.24) is 15.0 Å². The van der Waals surface area contributed by atoms with Crippen molar-refractivity contribution >= 4 is 5.78 Å². The maximum Gasteiger partial charge on any atom is 0.205 e. The van der Waals surface area contributed by atoms with Crippen molar-refractivity contribution in [3.8, 4) is 11.8 Å². The van der Waals surface area contributed by atoms with E-state index in [0.717, 1.165) is 5.56 Å². The fraction of sp³-hybridized carbons (Fsp3) is 0.286. The van der Waals surface area contributed by atoms with E-state index in [2.05, 4.69) is 16.4 Å². The minimum atomic E-state index is -0.646. The molecule has 2 N–H and O–H groups in total. The van der Waals surface area contributed by atoms with Crippen LogP contribution in [-0.4, -0.2) is 20.8 Å². The molecule has 0 saturated carbocycles.